The second-order valence-corrected chi connectivity index (χ2v) is 6.18. The fourth-order valence-corrected chi connectivity index (χ4v) is 3.32. The summed E-state index contributed by atoms with van der Waals surface area (Å²) in [5.41, 5.74) is 7.87. The van der Waals surface area contributed by atoms with Gasteiger partial charge >= 0.3 is 0 Å². The number of likely N-dealkylation sites (tertiary alicyclic amines) is 1. The van der Waals surface area contributed by atoms with Gasteiger partial charge in [-0.2, -0.15) is 5.10 Å². The van der Waals surface area contributed by atoms with Crippen LogP contribution in [0.25, 0.3) is 0 Å². The van der Waals surface area contributed by atoms with Crippen molar-refractivity contribution in [2.24, 2.45) is 11.7 Å². The molecule has 2 rings (SSSR count). The number of nitrogens with two attached hydrogens (primary N) is 1. The summed E-state index contributed by atoms with van der Waals surface area (Å²) in [7, 11) is 0. The number of thiocarbonyl (C=S) groups is 1. The Balaban J connectivity index is 2.04. The summed E-state index contributed by atoms with van der Waals surface area (Å²) >= 11 is 11.5. The van der Waals surface area contributed by atoms with E-state index in [1.54, 1.807) is 0 Å². The van der Waals surface area contributed by atoms with Crippen LogP contribution in [-0.2, 0) is 19.5 Å². The number of nitrogens with zero attached hydrogens (tertiary/aromatic N) is 3. The van der Waals surface area contributed by atoms with Gasteiger partial charge in [0.25, 0.3) is 0 Å². The van der Waals surface area contributed by atoms with Gasteiger partial charge in [0, 0.05) is 19.0 Å². The normalized spacial score (nSPS) is 17.6. The highest BCUT2D eigenvalue weighted by atomic mass is 35.5. The van der Waals surface area contributed by atoms with E-state index in [9.17, 15) is 0 Å². The lowest BCUT2D eigenvalue weighted by Crippen LogP contribution is -2.37. The van der Waals surface area contributed by atoms with Gasteiger partial charge in [-0.3, -0.25) is 9.58 Å². The van der Waals surface area contributed by atoms with Crippen LogP contribution in [0.4, 0.5) is 0 Å². The molecular weight excluding hydrogens is 292 g/mol. The number of hydrogen-bond donors (Lipinski definition) is 1. The Morgan fingerprint density at radius 1 is 1.40 bits per heavy atom. The Bertz CT molecular complexity index is 478. The summed E-state index contributed by atoms with van der Waals surface area (Å²) in [6.45, 7) is 7.96. The van der Waals surface area contributed by atoms with Crippen LogP contribution in [0, 0.1) is 5.92 Å². The third kappa shape index (κ3) is 3.32. The summed E-state index contributed by atoms with van der Waals surface area (Å²) in [5, 5.41) is 5.41. The van der Waals surface area contributed by atoms with Crippen molar-refractivity contribution in [3.8, 4) is 0 Å². The van der Waals surface area contributed by atoms with Crippen molar-refractivity contribution >= 4 is 28.8 Å². The monoisotopic (exact) mass is 314 g/mol. The third-order valence-electron chi connectivity index (χ3n) is 4.06. The Kier molecular flexibility index (Phi) is 5.41. The molecule has 0 spiro atoms. The molecule has 1 saturated heterocycles. The standard InChI is InChI=1S/C14H23ClN4S/c1-3-11-13(15)12(19(4-2)17-11)9-18-7-5-10(6-8-18)14(16)20/h10H,3-9H2,1-2H3,(H2,16,20). The fraction of sp³-hybridized carbons (Fsp3) is 0.714. The highest BCUT2D eigenvalue weighted by Crippen LogP contribution is 2.25. The first-order chi connectivity index (χ1) is 9.56. The van der Waals surface area contributed by atoms with Crippen molar-refractivity contribution in [3.63, 3.8) is 0 Å². The van der Waals surface area contributed by atoms with Crippen molar-refractivity contribution in [2.45, 2.75) is 46.2 Å². The topological polar surface area (TPSA) is 47.1 Å². The SMILES string of the molecule is CCc1nn(CC)c(CN2CCC(C(N)=S)CC2)c1Cl. The smallest absolute Gasteiger partial charge is 0.0863 e. The molecule has 0 aliphatic carbocycles. The van der Waals surface area contributed by atoms with Gasteiger partial charge < -0.3 is 5.73 Å². The Morgan fingerprint density at radius 2 is 2.05 bits per heavy atom. The van der Waals surface area contributed by atoms with E-state index in [0.717, 1.165) is 61.9 Å². The molecule has 4 nitrogen and oxygen atoms in total. The first kappa shape index (κ1) is 15.7. The molecule has 0 amide bonds. The fourth-order valence-electron chi connectivity index (χ4n) is 2.76. The molecule has 1 aliphatic rings. The van der Waals surface area contributed by atoms with E-state index in [1.807, 2.05) is 4.68 Å². The van der Waals surface area contributed by atoms with Gasteiger partial charge in [-0.25, -0.2) is 0 Å². The molecule has 6 heteroatoms. The molecule has 112 valence electrons. The van der Waals surface area contributed by atoms with Crippen LogP contribution in [-0.4, -0.2) is 32.8 Å². The van der Waals surface area contributed by atoms with Gasteiger partial charge in [0.05, 0.1) is 21.4 Å². The minimum atomic E-state index is 0.402. The molecule has 0 aromatic carbocycles. The predicted molar refractivity (Wildman–Crippen MR) is 87.1 cm³/mol. The molecule has 0 bridgehead atoms. The van der Waals surface area contributed by atoms with Gasteiger partial charge in [-0.05, 0) is 39.3 Å². The van der Waals surface area contributed by atoms with Crippen LogP contribution in [0.3, 0.4) is 0 Å². The summed E-state index contributed by atoms with van der Waals surface area (Å²) < 4.78 is 2.03. The summed E-state index contributed by atoms with van der Waals surface area (Å²) in [6, 6.07) is 0. The lowest BCUT2D eigenvalue weighted by Gasteiger charge is -2.31. The molecule has 1 fully saturated rings. The summed E-state index contributed by atoms with van der Waals surface area (Å²) in [6.07, 6.45) is 2.98. The van der Waals surface area contributed by atoms with Crippen molar-refractivity contribution in [2.75, 3.05) is 13.1 Å². The highest BCUT2D eigenvalue weighted by Gasteiger charge is 2.23. The zero-order chi connectivity index (χ0) is 14.7. The molecular formula is C14H23ClN4S. The van der Waals surface area contributed by atoms with Gasteiger partial charge in [0.2, 0.25) is 0 Å². The average Bonchev–Trinajstić information content (AvgIpc) is 2.76. The van der Waals surface area contributed by atoms with Gasteiger partial charge in [-0.15, -0.1) is 0 Å². The van der Waals surface area contributed by atoms with E-state index in [-0.39, 0.29) is 0 Å². The van der Waals surface area contributed by atoms with E-state index >= 15 is 0 Å². The molecule has 20 heavy (non-hydrogen) atoms. The summed E-state index contributed by atoms with van der Waals surface area (Å²) in [5.74, 6) is 0.402. The molecule has 1 aromatic rings. The largest absolute Gasteiger partial charge is 0.393 e. The number of halogens is 1. The van der Waals surface area contributed by atoms with Crippen LogP contribution >= 0.6 is 23.8 Å². The number of aryl methyl sites for hydroxylation is 2. The van der Waals surface area contributed by atoms with Crippen LogP contribution < -0.4 is 5.73 Å². The first-order valence-corrected chi connectivity index (χ1v) is 8.11. The molecule has 2 heterocycles. The average molecular weight is 315 g/mol. The molecule has 0 saturated carbocycles. The third-order valence-corrected chi connectivity index (χ3v) is 4.83. The number of aromatic nitrogens is 2. The zero-order valence-corrected chi connectivity index (χ0v) is 13.8. The number of hydrogen-bond acceptors (Lipinski definition) is 3. The van der Waals surface area contributed by atoms with E-state index in [0.29, 0.717) is 10.9 Å². The van der Waals surface area contributed by atoms with E-state index in [4.69, 9.17) is 29.6 Å². The zero-order valence-electron chi connectivity index (χ0n) is 12.2. The minimum absolute atomic E-state index is 0.402. The Morgan fingerprint density at radius 3 is 2.55 bits per heavy atom. The van der Waals surface area contributed by atoms with Crippen LogP contribution in [0.1, 0.15) is 38.1 Å². The molecule has 0 atom stereocenters. The molecule has 1 aliphatic heterocycles. The predicted octanol–water partition coefficient (Wildman–Crippen LogP) is 2.62. The quantitative estimate of drug-likeness (QED) is 0.849. The second kappa shape index (κ2) is 6.87. The van der Waals surface area contributed by atoms with Gasteiger partial charge in [0.15, 0.2) is 0 Å². The maximum atomic E-state index is 6.46. The van der Waals surface area contributed by atoms with E-state index in [2.05, 4.69) is 23.8 Å². The highest BCUT2D eigenvalue weighted by molar-refractivity contribution is 7.80. The van der Waals surface area contributed by atoms with Crippen LogP contribution in [0.15, 0.2) is 0 Å². The van der Waals surface area contributed by atoms with Crippen molar-refractivity contribution < 1.29 is 0 Å². The molecule has 0 radical (unpaired) electrons. The molecule has 0 unspecified atom stereocenters. The van der Waals surface area contributed by atoms with Crippen LogP contribution in [0.2, 0.25) is 5.02 Å². The lowest BCUT2D eigenvalue weighted by atomic mass is 9.97. The van der Waals surface area contributed by atoms with Crippen molar-refractivity contribution in [1.29, 1.82) is 0 Å². The maximum absolute atomic E-state index is 6.46. The number of piperidine rings is 1. The number of rotatable bonds is 5. The van der Waals surface area contributed by atoms with Crippen LogP contribution in [0.5, 0.6) is 0 Å². The van der Waals surface area contributed by atoms with Crippen molar-refractivity contribution in [3.05, 3.63) is 16.4 Å². The molecule has 1 aromatic heterocycles. The first-order valence-electron chi connectivity index (χ1n) is 7.32. The van der Waals surface area contributed by atoms with E-state index in [1.165, 1.54) is 0 Å². The minimum Gasteiger partial charge on any atom is -0.393 e. The lowest BCUT2D eigenvalue weighted by molar-refractivity contribution is 0.197. The molecule has 2 N–H and O–H groups in total. The van der Waals surface area contributed by atoms with E-state index < -0.39 is 0 Å². The second-order valence-electron chi connectivity index (χ2n) is 5.33. The Labute approximate surface area is 131 Å². The summed E-state index contributed by atoms with van der Waals surface area (Å²) in [4.78, 5) is 3.08. The van der Waals surface area contributed by atoms with Gasteiger partial charge in [-0.1, -0.05) is 30.7 Å². The maximum Gasteiger partial charge on any atom is 0.0863 e. The van der Waals surface area contributed by atoms with Crippen molar-refractivity contribution in [1.82, 2.24) is 14.7 Å². The Hall–Kier alpha value is -0.650. The van der Waals surface area contributed by atoms with Gasteiger partial charge in [0.1, 0.15) is 0 Å².